The molecule has 0 saturated carbocycles. The van der Waals surface area contributed by atoms with Crippen LogP contribution in [0, 0.1) is 11.7 Å². The van der Waals surface area contributed by atoms with Crippen LogP contribution in [-0.2, 0) is 0 Å². The second kappa shape index (κ2) is 6.65. The van der Waals surface area contributed by atoms with Crippen molar-refractivity contribution in [1.29, 1.82) is 0 Å². The highest BCUT2D eigenvalue weighted by Gasteiger charge is 2.28. The summed E-state index contributed by atoms with van der Waals surface area (Å²) in [6, 6.07) is 1.41. The third kappa shape index (κ3) is 3.07. The number of nitrogens with one attached hydrogen (secondary N) is 1. The smallest absolute Gasteiger partial charge is 0.257 e. The molecule has 110 valence electrons. The highest BCUT2D eigenvalue weighted by atomic mass is 19.1. The summed E-state index contributed by atoms with van der Waals surface area (Å²) in [7, 11) is 0. The van der Waals surface area contributed by atoms with Crippen LogP contribution in [-0.4, -0.2) is 47.1 Å². The molecule has 1 aromatic heterocycles. The lowest BCUT2D eigenvalue weighted by Crippen LogP contribution is -2.29. The highest BCUT2D eigenvalue weighted by molar-refractivity contribution is 5.95. The Labute approximate surface area is 117 Å². The zero-order chi connectivity index (χ0) is 14.5. The van der Waals surface area contributed by atoms with Gasteiger partial charge in [-0.05, 0) is 31.7 Å². The lowest BCUT2D eigenvalue weighted by atomic mass is 10.1. The van der Waals surface area contributed by atoms with Gasteiger partial charge in [-0.25, -0.2) is 9.37 Å². The second-order valence-corrected chi connectivity index (χ2v) is 4.97. The molecule has 0 aromatic carbocycles. The molecule has 0 spiro atoms. The molecule has 20 heavy (non-hydrogen) atoms. The van der Waals surface area contributed by atoms with Crippen molar-refractivity contribution in [2.75, 3.05) is 31.6 Å². The Morgan fingerprint density at radius 2 is 2.45 bits per heavy atom. The van der Waals surface area contributed by atoms with Crippen LogP contribution in [0.25, 0.3) is 0 Å². The first-order chi connectivity index (χ1) is 9.67. The Morgan fingerprint density at radius 3 is 3.15 bits per heavy atom. The van der Waals surface area contributed by atoms with Gasteiger partial charge in [-0.1, -0.05) is 0 Å². The van der Waals surface area contributed by atoms with Crippen LogP contribution in [0.3, 0.4) is 0 Å². The number of hydrogen-bond donors (Lipinski definition) is 2. The molecule has 0 radical (unpaired) electrons. The largest absolute Gasteiger partial charge is 0.396 e. The van der Waals surface area contributed by atoms with Gasteiger partial charge in [0.1, 0.15) is 0 Å². The molecule has 1 aliphatic heterocycles. The van der Waals surface area contributed by atoms with Crippen LogP contribution >= 0.6 is 0 Å². The summed E-state index contributed by atoms with van der Waals surface area (Å²) in [5, 5.41) is 11.7. The molecular formula is C14H20FN3O2. The number of carbonyl (C=O) groups excluding carboxylic acids is 1. The normalized spacial score (nSPS) is 18.4. The van der Waals surface area contributed by atoms with E-state index in [9.17, 15) is 9.18 Å². The predicted molar refractivity (Wildman–Crippen MR) is 74.1 cm³/mol. The minimum absolute atomic E-state index is 0.0561. The maximum absolute atomic E-state index is 14.2. The number of pyridine rings is 1. The highest BCUT2D eigenvalue weighted by Crippen LogP contribution is 2.23. The average Bonchev–Trinajstić information content (AvgIpc) is 2.90. The first-order valence-electron chi connectivity index (χ1n) is 6.95. The summed E-state index contributed by atoms with van der Waals surface area (Å²) in [5.41, 5.74) is 0.0561. The van der Waals surface area contributed by atoms with Crippen molar-refractivity contribution < 1.29 is 14.3 Å². The third-order valence-corrected chi connectivity index (χ3v) is 3.57. The summed E-state index contributed by atoms with van der Waals surface area (Å²) in [5.74, 6) is -0.471. The quantitative estimate of drug-likeness (QED) is 0.858. The van der Waals surface area contributed by atoms with E-state index in [4.69, 9.17) is 5.11 Å². The predicted octanol–water partition coefficient (Wildman–Crippen LogP) is 1.50. The molecule has 0 bridgehead atoms. The third-order valence-electron chi connectivity index (χ3n) is 3.57. The van der Waals surface area contributed by atoms with Crippen molar-refractivity contribution in [3.05, 3.63) is 23.6 Å². The van der Waals surface area contributed by atoms with Crippen molar-refractivity contribution in [2.24, 2.45) is 5.92 Å². The number of aromatic nitrogens is 1. The van der Waals surface area contributed by atoms with E-state index in [2.05, 4.69) is 10.3 Å². The number of likely N-dealkylation sites (tertiary alicyclic amines) is 1. The van der Waals surface area contributed by atoms with Gasteiger partial charge in [0, 0.05) is 32.4 Å². The van der Waals surface area contributed by atoms with E-state index in [1.807, 2.05) is 6.92 Å². The van der Waals surface area contributed by atoms with E-state index < -0.39 is 5.82 Å². The fourth-order valence-corrected chi connectivity index (χ4v) is 2.51. The first-order valence-corrected chi connectivity index (χ1v) is 6.95. The van der Waals surface area contributed by atoms with E-state index in [0.717, 1.165) is 6.42 Å². The van der Waals surface area contributed by atoms with E-state index in [0.29, 0.717) is 32.0 Å². The van der Waals surface area contributed by atoms with Gasteiger partial charge < -0.3 is 15.3 Å². The minimum atomic E-state index is -0.593. The molecule has 1 aromatic rings. The molecule has 1 saturated heterocycles. The van der Waals surface area contributed by atoms with Gasteiger partial charge in [-0.2, -0.15) is 0 Å². The summed E-state index contributed by atoms with van der Waals surface area (Å²) in [4.78, 5) is 17.9. The molecule has 6 heteroatoms. The van der Waals surface area contributed by atoms with Gasteiger partial charge in [0.05, 0.1) is 5.56 Å². The number of carbonyl (C=O) groups is 1. The number of halogens is 1. The Hall–Kier alpha value is -1.69. The molecule has 1 atom stereocenters. The van der Waals surface area contributed by atoms with Crippen LogP contribution < -0.4 is 5.32 Å². The van der Waals surface area contributed by atoms with Crippen LogP contribution in [0.15, 0.2) is 12.3 Å². The molecule has 1 fully saturated rings. The van der Waals surface area contributed by atoms with Gasteiger partial charge in [0.2, 0.25) is 0 Å². The van der Waals surface area contributed by atoms with Gasteiger partial charge in [-0.15, -0.1) is 0 Å². The summed E-state index contributed by atoms with van der Waals surface area (Å²) in [6.45, 7) is 3.71. The minimum Gasteiger partial charge on any atom is -0.396 e. The van der Waals surface area contributed by atoms with Crippen molar-refractivity contribution >= 4 is 11.7 Å². The monoisotopic (exact) mass is 281 g/mol. The van der Waals surface area contributed by atoms with Gasteiger partial charge in [-0.3, -0.25) is 4.79 Å². The average molecular weight is 281 g/mol. The molecule has 1 unspecified atom stereocenters. The van der Waals surface area contributed by atoms with Crippen LogP contribution in [0.1, 0.15) is 30.1 Å². The van der Waals surface area contributed by atoms with E-state index in [1.165, 1.54) is 12.3 Å². The number of aliphatic hydroxyl groups excluding tert-OH is 1. The molecule has 2 heterocycles. The number of aliphatic hydroxyl groups is 1. The van der Waals surface area contributed by atoms with E-state index in [1.54, 1.807) is 4.90 Å². The second-order valence-electron chi connectivity index (χ2n) is 4.97. The fraction of sp³-hybridized carbons (Fsp3) is 0.571. The summed E-state index contributed by atoms with van der Waals surface area (Å²) in [6.07, 6.45) is 2.99. The van der Waals surface area contributed by atoms with Crippen LogP contribution in [0.2, 0.25) is 0 Å². The topological polar surface area (TPSA) is 65.5 Å². The maximum Gasteiger partial charge on any atom is 0.257 e. The van der Waals surface area contributed by atoms with Crippen molar-refractivity contribution in [3.63, 3.8) is 0 Å². The van der Waals surface area contributed by atoms with Crippen molar-refractivity contribution in [1.82, 2.24) is 9.88 Å². The molecule has 2 N–H and O–H groups in total. The molecule has 1 amide bonds. The number of nitrogens with zero attached hydrogens (tertiary/aromatic N) is 2. The van der Waals surface area contributed by atoms with Crippen LogP contribution in [0.5, 0.6) is 0 Å². The standard InChI is InChI=1S/C14H20FN3O2/c1-2-16-13-12(15)11(3-6-17-13)14(20)18-7-4-10(9-18)5-8-19/h3,6,10,19H,2,4-5,7-9H2,1H3,(H,16,17). The Bertz CT molecular complexity index is 481. The molecule has 2 rings (SSSR count). The number of rotatable bonds is 5. The number of amides is 1. The van der Waals surface area contributed by atoms with Crippen molar-refractivity contribution in [2.45, 2.75) is 19.8 Å². The Morgan fingerprint density at radius 1 is 1.65 bits per heavy atom. The summed E-state index contributed by atoms with van der Waals surface area (Å²) >= 11 is 0. The molecular weight excluding hydrogens is 261 g/mol. The van der Waals surface area contributed by atoms with Gasteiger partial charge in [0.25, 0.3) is 5.91 Å². The van der Waals surface area contributed by atoms with Crippen LogP contribution in [0.4, 0.5) is 10.2 Å². The van der Waals surface area contributed by atoms with Crippen molar-refractivity contribution in [3.8, 4) is 0 Å². The molecule has 5 nitrogen and oxygen atoms in total. The zero-order valence-electron chi connectivity index (χ0n) is 11.6. The number of hydrogen-bond acceptors (Lipinski definition) is 4. The van der Waals surface area contributed by atoms with E-state index in [-0.39, 0.29) is 23.9 Å². The zero-order valence-corrected chi connectivity index (χ0v) is 11.6. The SMILES string of the molecule is CCNc1nccc(C(=O)N2CCC(CCO)C2)c1F. The summed E-state index contributed by atoms with van der Waals surface area (Å²) < 4.78 is 14.2. The lowest BCUT2D eigenvalue weighted by Gasteiger charge is -2.17. The van der Waals surface area contributed by atoms with E-state index >= 15 is 0 Å². The lowest BCUT2D eigenvalue weighted by molar-refractivity contribution is 0.0780. The Kier molecular flexibility index (Phi) is 4.89. The first kappa shape index (κ1) is 14.7. The fourth-order valence-electron chi connectivity index (χ4n) is 2.51. The van der Waals surface area contributed by atoms with Gasteiger partial charge >= 0.3 is 0 Å². The molecule has 1 aliphatic rings. The van der Waals surface area contributed by atoms with Gasteiger partial charge in [0.15, 0.2) is 11.6 Å². The number of anilines is 1. The molecule has 0 aliphatic carbocycles. The Balaban J connectivity index is 2.12. The maximum atomic E-state index is 14.2.